The van der Waals surface area contributed by atoms with E-state index in [4.69, 9.17) is 9.47 Å². The molecule has 0 radical (unpaired) electrons. The SMILES string of the molecule is COc1cccc(NC2(CO)CC(OC)C2)c1. The molecule has 2 N–H and O–H groups in total. The summed E-state index contributed by atoms with van der Waals surface area (Å²) in [5.41, 5.74) is 0.723. The fraction of sp³-hybridized carbons (Fsp3) is 0.538. The number of aliphatic hydroxyl groups excluding tert-OH is 1. The maximum Gasteiger partial charge on any atom is 0.120 e. The van der Waals surface area contributed by atoms with E-state index in [-0.39, 0.29) is 18.2 Å². The Morgan fingerprint density at radius 2 is 2.18 bits per heavy atom. The highest BCUT2D eigenvalue weighted by molar-refractivity contribution is 5.50. The first-order chi connectivity index (χ1) is 8.21. The lowest BCUT2D eigenvalue weighted by Gasteiger charge is -2.46. The van der Waals surface area contributed by atoms with Crippen LogP contribution < -0.4 is 10.1 Å². The first-order valence-electron chi connectivity index (χ1n) is 5.77. The van der Waals surface area contributed by atoms with Crippen molar-refractivity contribution in [3.05, 3.63) is 24.3 Å². The minimum absolute atomic E-state index is 0.115. The molecule has 1 aromatic carbocycles. The summed E-state index contributed by atoms with van der Waals surface area (Å²) in [6, 6.07) is 7.73. The highest BCUT2D eigenvalue weighted by Gasteiger charge is 2.44. The average molecular weight is 237 g/mol. The largest absolute Gasteiger partial charge is 0.497 e. The summed E-state index contributed by atoms with van der Waals surface area (Å²) in [5.74, 6) is 0.811. The summed E-state index contributed by atoms with van der Waals surface area (Å²) in [5, 5.41) is 12.9. The summed E-state index contributed by atoms with van der Waals surface area (Å²) >= 11 is 0. The zero-order chi connectivity index (χ0) is 12.3. The molecule has 0 saturated heterocycles. The smallest absolute Gasteiger partial charge is 0.120 e. The molecule has 0 spiro atoms. The molecule has 94 valence electrons. The van der Waals surface area contributed by atoms with E-state index < -0.39 is 0 Å². The molecule has 0 aliphatic heterocycles. The molecule has 2 rings (SSSR count). The van der Waals surface area contributed by atoms with Gasteiger partial charge in [-0.05, 0) is 25.0 Å². The van der Waals surface area contributed by atoms with Crippen molar-refractivity contribution < 1.29 is 14.6 Å². The van der Waals surface area contributed by atoms with Crippen LogP contribution in [-0.2, 0) is 4.74 Å². The molecule has 1 aliphatic rings. The monoisotopic (exact) mass is 237 g/mol. The molecule has 1 aromatic rings. The normalized spacial score (nSPS) is 27.4. The predicted molar refractivity (Wildman–Crippen MR) is 66.5 cm³/mol. The van der Waals surface area contributed by atoms with Crippen molar-refractivity contribution in [2.45, 2.75) is 24.5 Å². The maximum atomic E-state index is 9.49. The van der Waals surface area contributed by atoms with Crippen LogP contribution in [-0.4, -0.2) is 37.6 Å². The van der Waals surface area contributed by atoms with E-state index in [0.29, 0.717) is 0 Å². The van der Waals surface area contributed by atoms with Crippen LogP contribution in [0.2, 0.25) is 0 Å². The molecule has 0 heterocycles. The lowest BCUT2D eigenvalue weighted by Crippen LogP contribution is -2.56. The molecule has 4 nitrogen and oxygen atoms in total. The minimum Gasteiger partial charge on any atom is -0.497 e. The second-order valence-corrected chi connectivity index (χ2v) is 4.56. The number of nitrogens with one attached hydrogen (secondary N) is 1. The topological polar surface area (TPSA) is 50.7 Å². The van der Waals surface area contributed by atoms with E-state index >= 15 is 0 Å². The van der Waals surface area contributed by atoms with Crippen molar-refractivity contribution in [2.75, 3.05) is 26.1 Å². The molecule has 4 heteroatoms. The number of aliphatic hydroxyl groups is 1. The maximum absolute atomic E-state index is 9.49. The highest BCUT2D eigenvalue weighted by atomic mass is 16.5. The van der Waals surface area contributed by atoms with Crippen molar-refractivity contribution in [3.63, 3.8) is 0 Å². The summed E-state index contributed by atoms with van der Waals surface area (Å²) < 4.78 is 10.4. The van der Waals surface area contributed by atoms with Crippen LogP contribution in [0.3, 0.4) is 0 Å². The van der Waals surface area contributed by atoms with Gasteiger partial charge in [0.1, 0.15) is 5.75 Å². The minimum atomic E-state index is -0.243. The van der Waals surface area contributed by atoms with Gasteiger partial charge in [0.25, 0.3) is 0 Å². The van der Waals surface area contributed by atoms with Gasteiger partial charge in [-0.3, -0.25) is 0 Å². The Bertz CT molecular complexity index is 375. The van der Waals surface area contributed by atoms with Crippen molar-refractivity contribution in [1.29, 1.82) is 0 Å². The zero-order valence-electron chi connectivity index (χ0n) is 10.3. The van der Waals surface area contributed by atoms with E-state index in [1.807, 2.05) is 24.3 Å². The van der Waals surface area contributed by atoms with Crippen LogP contribution in [0.25, 0.3) is 0 Å². The molecular formula is C13H19NO3. The van der Waals surface area contributed by atoms with Crippen LogP contribution in [0.4, 0.5) is 5.69 Å². The van der Waals surface area contributed by atoms with Gasteiger partial charge in [-0.2, -0.15) is 0 Å². The van der Waals surface area contributed by atoms with Gasteiger partial charge in [-0.15, -0.1) is 0 Å². The number of hydrogen-bond donors (Lipinski definition) is 2. The summed E-state index contributed by atoms with van der Waals surface area (Å²) in [4.78, 5) is 0. The molecule has 1 fully saturated rings. The van der Waals surface area contributed by atoms with Crippen LogP contribution in [0, 0.1) is 0 Å². The Balaban J connectivity index is 2.04. The Hall–Kier alpha value is -1.26. The predicted octanol–water partition coefficient (Wildman–Crippen LogP) is 1.65. The quantitative estimate of drug-likeness (QED) is 0.817. The Kier molecular flexibility index (Phi) is 3.54. The van der Waals surface area contributed by atoms with Crippen molar-refractivity contribution in [3.8, 4) is 5.75 Å². The standard InChI is InChI=1S/C13H19NO3/c1-16-11-5-3-4-10(6-11)14-13(9-15)7-12(8-13)17-2/h3-6,12,14-15H,7-9H2,1-2H3. The third kappa shape index (κ3) is 2.53. The average Bonchev–Trinajstić information content (AvgIpc) is 2.33. The van der Waals surface area contributed by atoms with Crippen molar-refractivity contribution in [1.82, 2.24) is 0 Å². The fourth-order valence-corrected chi connectivity index (χ4v) is 2.26. The van der Waals surface area contributed by atoms with E-state index in [2.05, 4.69) is 5.32 Å². The van der Waals surface area contributed by atoms with Gasteiger partial charge in [-0.1, -0.05) is 6.07 Å². The van der Waals surface area contributed by atoms with E-state index in [1.54, 1.807) is 14.2 Å². The summed E-state index contributed by atoms with van der Waals surface area (Å²) in [6.45, 7) is 0.115. The van der Waals surface area contributed by atoms with Crippen molar-refractivity contribution >= 4 is 5.69 Å². The lowest BCUT2D eigenvalue weighted by molar-refractivity contribution is -0.0256. The van der Waals surface area contributed by atoms with Gasteiger partial charge < -0.3 is 19.9 Å². The molecular weight excluding hydrogens is 218 g/mol. The number of methoxy groups -OCH3 is 2. The van der Waals surface area contributed by atoms with E-state index in [1.165, 1.54) is 0 Å². The van der Waals surface area contributed by atoms with Gasteiger partial charge >= 0.3 is 0 Å². The second kappa shape index (κ2) is 4.94. The van der Waals surface area contributed by atoms with Gasteiger partial charge in [-0.25, -0.2) is 0 Å². The Labute approximate surface area is 102 Å². The van der Waals surface area contributed by atoms with Crippen molar-refractivity contribution in [2.24, 2.45) is 0 Å². The summed E-state index contributed by atoms with van der Waals surface area (Å²) in [6.07, 6.45) is 1.91. The van der Waals surface area contributed by atoms with Crippen LogP contribution in [0.5, 0.6) is 5.75 Å². The van der Waals surface area contributed by atoms with Crippen LogP contribution in [0.15, 0.2) is 24.3 Å². The molecule has 0 unspecified atom stereocenters. The Morgan fingerprint density at radius 1 is 1.41 bits per heavy atom. The third-order valence-electron chi connectivity index (χ3n) is 3.35. The number of anilines is 1. The third-order valence-corrected chi connectivity index (χ3v) is 3.35. The number of hydrogen-bond acceptors (Lipinski definition) is 4. The first-order valence-corrected chi connectivity index (χ1v) is 5.77. The lowest BCUT2D eigenvalue weighted by atomic mass is 9.74. The molecule has 0 aromatic heterocycles. The van der Waals surface area contributed by atoms with Crippen LogP contribution in [0.1, 0.15) is 12.8 Å². The number of ether oxygens (including phenoxy) is 2. The van der Waals surface area contributed by atoms with Crippen LogP contribution >= 0.6 is 0 Å². The molecule has 0 atom stereocenters. The molecule has 1 saturated carbocycles. The molecule has 0 amide bonds. The second-order valence-electron chi connectivity index (χ2n) is 4.56. The number of rotatable bonds is 5. The fourth-order valence-electron chi connectivity index (χ4n) is 2.26. The van der Waals surface area contributed by atoms with E-state index in [0.717, 1.165) is 24.3 Å². The van der Waals surface area contributed by atoms with Gasteiger partial charge in [0.15, 0.2) is 0 Å². The zero-order valence-corrected chi connectivity index (χ0v) is 10.3. The van der Waals surface area contributed by atoms with Gasteiger partial charge in [0, 0.05) is 18.9 Å². The molecule has 17 heavy (non-hydrogen) atoms. The van der Waals surface area contributed by atoms with Gasteiger partial charge in [0.2, 0.25) is 0 Å². The Morgan fingerprint density at radius 3 is 2.76 bits per heavy atom. The summed E-state index contributed by atoms with van der Waals surface area (Å²) in [7, 11) is 3.35. The highest BCUT2D eigenvalue weighted by Crippen LogP contribution is 2.37. The molecule has 1 aliphatic carbocycles. The van der Waals surface area contributed by atoms with E-state index in [9.17, 15) is 5.11 Å². The molecule has 0 bridgehead atoms. The number of benzene rings is 1. The first kappa shape index (κ1) is 12.2. The van der Waals surface area contributed by atoms with Gasteiger partial charge in [0.05, 0.1) is 25.4 Å².